The zero-order valence-electron chi connectivity index (χ0n) is 27.1. The van der Waals surface area contributed by atoms with Gasteiger partial charge in [0.2, 0.25) is 0 Å². The van der Waals surface area contributed by atoms with Gasteiger partial charge >= 0.3 is 11.8 Å². The number of unbranched alkanes of at least 4 members (excludes halogenated alkanes) is 1. The number of halogens is 2. The number of carbonyl (C=O) groups excluding carboxylic acids is 2. The smallest absolute Gasteiger partial charge is 0.316 e. The van der Waals surface area contributed by atoms with Crippen molar-refractivity contribution in [2.45, 2.75) is 39.0 Å². The summed E-state index contributed by atoms with van der Waals surface area (Å²) in [5, 5.41) is 4.39. The van der Waals surface area contributed by atoms with Gasteiger partial charge in [0, 0.05) is 35.9 Å². The molecule has 48 heavy (non-hydrogen) atoms. The average Bonchev–Trinajstić information content (AvgIpc) is 3.09. The van der Waals surface area contributed by atoms with Crippen LogP contribution in [0.15, 0.2) is 60.8 Å². The van der Waals surface area contributed by atoms with Crippen LogP contribution in [-0.2, 0) is 16.0 Å². The molecule has 0 spiro atoms. The van der Waals surface area contributed by atoms with Crippen molar-refractivity contribution in [3.63, 3.8) is 0 Å². The number of nitrogens with two attached hydrogens (primary N) is 1. The molecule has 12 heteroatoms. The Balaban J connectivity index is 1.32. The predicted molar refractivity (Wildman–Crippen MR) is 183 cm³/mol. The molecule has 0 atom stereocenters. The van der Waals surface area contributed by atoms with Crippen LogP contribution >= 0.6 is 11.6 Å². The Hall–Kier alpha value is -4.61. The van der Waals surface area contributed by atoms with Gasteiger partial charge in [-0.15, -0.1) is 0 Å². The number of carbonyl (C=O) groups is 2. The zero-order chi connectivity index (χ0) is 34.0. The zero-order valence-corrected chi connectivity index (χ0v) is 27.9. The van der Waals surface area contributed by atoms with E-state index in [1.54, 1.807) is 43.6 Å². The summed E-state index contributed by atoms with van der Waals surface area (Å²) >= 11 is 6.40. The number of pyridine rings is 1. The number of amides is 2. The van der Waals surface area contributed by atoms with E-state index in [4.69, 9.17) is 36.3 Å². The number of anilines is 1. The van der Waals surface area contributed by atoms with E-state index >= 15 is 4.39 Å². The van der Waals surface area contributed by atoms with Gasteiger partial charge in [-0.3, -0.25) is 14.6 Å². The summed E-state index contributed by atoms with van der Waals surface area (Å²) in [6, 6.07) is 14.5. The lowest BCUT2D eigenvalue weighted by Gasteiger charge is -2.23. The lowest BCUT2D eigenvalue weighted by Crippen LogP contribution is -2.41. The Morgan fingerprint density at radius 3 is 2.50 bits per heavy atom. The van der Waals surface area contributed by atoms with E-state index in [1.165, 1.54) is 12.1 Å². The molecular weight excluding hydrogens is 639 g/mol. The number of hydrogen-bond acceptors (Lipinski definition) is 8. The third kappa shape index (κ3) is 8.64. The highest BCUT2D eigenvalue weighted by atomic mass is 35.5. The van der Waals surface area contributed by atoms with E-state index in [0.29, 0.717) is 64.5 Å². The molecule has 1 saturated heterocycles. The fourth-order valence-electron chi connectivity index (χ4n) is 5.47. The van der Waals surface area contributed by atoms with E-state index in [0.717, 1.165) is 55.3 Å². The van der Waals surface area contributed by atoms with E-state index in [-0.39, 0.29) is 18.0 Å². The molecule has 2 amide bonds. The second kappa shape index (κ2) is 16.5. The predicted octanol–water partition coefficient (Wildman–Crippen LogP) is 6.45. The van der Waals surface area contributed by atoms with Crippen molar-refractivity contribution < 1.29 is 32.9 Å². The number of hydrogen-bond donors (Lipinski definition) is 2. The van der Waals surface area contributed by atoms with Crippen molar-refractivity contribution in [3.8, 4) is 28.7 Å². The summed E-state index contributed by atoms with van der Waals surface area (Å²) in [6.07, 6.45) is 5.88. The van der Waals surface area contributed by atoms with Crippen molar-refractivity contribution in [2.75, 3.05) is 44.9 Å². The molecule has 0 saturated carbocycles. The van der Waals surface area contributed by atoms with Crippen LogP contribution in [0.25, 0.3) is 10.9 Å². The minimum absolute atomic E-state index is 0.0462. The number of aromatic nitrogens is 1. The number of rotatable bonds is 14. The standard InChI is InChI=1S/C36H40ClFN4O6/c1-3-4-17-46-31-7-5-23(18-27(31)37)12-16-42(36(44)35(39)43)25-6-8-32(28(38)19-25)48-30-11-15-41-29-21-34(33(45-2)20-26(29)30)47-22-24-9-13-40-14-10-24/h5-8,11,15,18-21,24,40H,3-4,9-10,12-14,16-17,22H2,1-2H3,(H2,39,43). The molecule has 0 unspecified atom stereocenters. The second-order valence-electron chi connectivity index (χ2n) is 11.6. The van der Waals surface area contributed by atoms with Crippen LogP contribution in [0.2, 0.25) is 5.02 Å². The molecule has 2 heterocycles. The normalized spacial score (nSPS) is 13.2. The van der Waals surface area contributed by atoms with Crippen LogP contribution in [-0.4, -0.2) is 56.8 Å². The number of benzene rings is 3. The monoisotopic (exact) mass is 678 g/mol. The van der Waals surface area contributed by atoms with Crippen molar-refractivity contribution >= 4 is 40.0 Å². The molecule has 3 aromatic carbocycles. The SMILES string of the molecule is CCCCOc1ccc(CCN(C(=O)C(N)=O)c2ccc(Oc3ccnc4cc(OCC5CCNCC5)c(OC)cc34)c(F)c2)cc1Cl. The summed E-state index contributed by atoms with van der Waals surface area (Å²) in [4.78, 5) is 30.3. The Morgan fingerprint density at radius 2 is 1.79 bits per heavy atom. The molecule has 0 bridgehead atoms. The van der Waals surface area contributed by atoms with Crippen LogP contribution in [0.3, 0.4) is 0 Å². The highest BCUT2D eigenvalue weighted by Gasteiger charge is 2.23. The maximum Gasteiger partial charge on any atom is 0.316 e. The number of primary amides is 1. The quantitative estimate of drug-likeness (QED) is 0.115. The number of nitrogens with zero attached hydrogens (tertiary/aromatic N) is 2. The number of methoxy groups -OCH3 is 1. The summed E-state index contributed by atoms with van der Waals surface area (Å²) in [5.41, 5.74) is 6.87. The molecule has 3 N–H and O–H groups in total. The van der Waals surface area contributed by atoms with Crippen LogP contribution in [0.5, 0.6) is 28.7 Å². The molecule has 254 valence electrons. The fraction of sp³-hybridized carbons (Fsp3) is 0.361. The van der Waals surface area contributed by atoms with Gasteiger partial charge in [-0.25, -0.2) is 4.39 Å². The highest BCUT2D eigenvalue weighted by molar-refractivity contribution is 6.39. The maximum atomic E-state index is 15.6. The third-order valence-corrected chi connectivity index (χ3v) is 8.49. The Morgan fingerprint density at radius 1 is 1.00 bits per heavy atom. The molecule has 0 radical (unpaired) electrons. The van der Waals surface area contributed by atoms with Gasteiger partial charge in [-0.05, 0) is 86.7 Å². The van der Waals surface area contributed by atoms with Gasteiger partial charge in [0.05, 0.1) is 30.9 Å². The van der Waals surface area contributed by atoms with Crippen molar-refractivity contribution in [2.24, 2.45) is 11.7 Å². The minimum atomic E-state index is -1.16. The van der Waals surface area contributed by atoms with E-state index in [2.05, 4.69) is 17.2 Å². The van der Waals surface area contributed by atoms with E-state index in [1.807, 2.05) is 6.07 Å². The fourth-order valence-corrected chi connectivity index (χ4v) is 5.73. The molecule has 1 aliphatic rings. The maximum absolute atomic E-state index is 15.6. The highest BCUT2D eigenvalue weighted by Crippen LogP contribution is 2.38. The molecule has 1 fully saturated rings. The molecule has 4 aromatic rings. The average molecular weight is 679 g/mol. The Kier molecular flexibility index (Phi) is 11.9. The Labute approximate surface area is 284 Å². The van der Waals surface area contributed by atoms with Gasteiger partial charge in [0.1, 0.15) is 11.5 Å². The molecule has 10 nitrogen and oxygen atoms in total. The second-order valence-corrected chi connectivity index (χ2v) is 12.0. The molecular formula is C36H40ClFN4O6. The van der Waals surface area contributed by atoms with E-state index < -0.39 is 17.6 Å². The third-order valence-electron chi connectivity index (χ3n) is 8.20. The van der Waals surface area contributed by atoms with Gasteiger partial charge < -0.3 is 34.9 Å². The lowest BCUT2D eigenvalue weighted by atomic mass is 9.99. The summed E-state index contributed by atoms with van der Waals surface area (Å²) in [5.74, 6) is -0.526. The first-order valence-corrected chi connectivity index (χ1v) is 16.4. The van der Waals surface area contributed by atoms with Crippen molar-refractivity contribution in [3.05, 3.63) is 77.2 Å². The summed E-state index contributed by atoms with van der Waals surface area (Å²) in [7, 11) is 1.56. The molecule has 1 aromatic heterocycles. The van der Waals surface area contributed by atoms with Crippen molar-refractivity contribution in [1.29, 1.82) is 0 Å². The van der Waals surface area contributed by atoms with Gasteiger partial charge in [0.25, 0.3) is 0 Å². The largest absolute Gasteiger partial charge is 0.493 e. The van der Waals surface area contributed by atoms with Crippen molar-refractivity contribution in [1.82, 2.24) is 10.3 Å². The van der Waals surface area contributed by atoms with Crippen LogP contribution in [0, 0.1) is 11.7 Å². The first kappa shape index (κ1) is 34.7. The van der Waals surface area contributed by atoms with Gasteiger partial charge in [-0.1, -0.05) is 31.0 Å². The number of ether oxygens (including phenoxy) is 4. The lowest BCUT2D eigenvalue weighted by molar-refractivity contribution is -0.135. The number of piperidine rings is 1. The van der Waals surface area contributed by atoms with Gasteiger partial charge in [0.15, 0.2) is 23.1 Å². The minimum Gasteiger partial charge on any atom is -0.493 e. The Bertz CT molecular complexity index is 1750. The number of fused-ring (bicyclic) bond motifs is 1. The van der Waals surface area contributed by atoms with Gasteiger partial charge in [-0.2, -0.15) is 0 Å². The summed E-state index contributed by atoms with van der Waals surface area (Å²) < 4.78 is 39.0. The molecule has 1 aliphatic heterocycles. The molecule has 5 rings (SSSR count). The molecule has 0 aliphatic carbocycles. The first-order chi connectivity index (χ1) is 23.3. The van der Waals surface area contributed by atoms with Crippen LogP contribution < -0.4 is 34.9 Å². The number of nitrogens with one attached hydrogen (secondary N) is 1. The van der Waals surface area contributed by atoms with Crippen LogP contribution in [0.1, 0.15) is 38.2 Å². The van der Waals surface area contributed by atoms with E-state index in [9.17, 15) is 9.59 Å². The van der Waals surface area contributed by atoms with Crippen LogP contribution in [0.4, 0.5) is 10.1 Å². The summed E-state index contributed by atoms with van der Waals surface area (Å²) in [6.45, 7) is 5.19. The first-order valence-electron chi connectivity index (χ1n) is 16.1. The topological polar surface area (TPSA) is 125 Å².